The molecule has 2 atom stereocenters. The normalized spacial score (nSPS) is 26.4. The number of ether oxygens (including phenoxy) is 1. The lowest BCUT2D eigenvalue weighted by Crippen LogP contribution is -2.39. The third-order valence-corrected chi connectivity index (χ3v) is 4.73. The smallest absolute Gasteiger partial charge is 0.246 e. The van der Waals surface area contributed by atoms with Crippen molar-refractivity contribution in [1.82, 2.24) is 4.98 Å². The first kappa shape index (κ1) is 15.5. The van der Waals surface area contributed by atoms with Gasteiger partial charge in [0.15, 0.2) is 11.6 Å². The Morgan fingerprint density at radius 3 is 2.68 bits per heavy atom. The first-order valence-corrected chi connectivity index (χ1v) is 7.93. The van der Waals surface area contributed by atoms with Gasteiger partial charge in [0.05, 0.1) is 11.1 Å². The third-order valence-electron chi connectivity index (χ3n) is 4.52. The van der Waals surface area contributed by atoms with Crippen LogP contribution in [0.25, 0.3) is 0 Å². The Bertz CT molecular complexity index is 564. The van der Waals surface area contributed by atoms with Gasteiger partial charge in [0, 0.05) is 19.3 Å². The number of primary amides is 1. The van der Waals surface area contributed by atoms with Crippen LogP contribution in [-0.2, 0) is 9.53 Å². The van der Waals surface area contributed by atoms with Crippen LogP contribution in [0.2, 0.25) is 5.02 Å². The van der Waals surface area contributed by atoms with Crippen molar-refractivity contribution in [3.05, 3.63) is 23.1 Å². The molecule has 120 valence electrons. The number of nitrogens with zero attached hydrogens (tertiary/aromatic N) is 2. The van der Waals surface area contributed by atoms with Gasteiger partial charge >= 0.3 is 0 Å². The van der Waals surface area contributed by atoms with E-state index in [0.717, 1.165) is 32.4 Å². The van der Waals surface area contributed by atoms with Gasteiger partial charge in [0.1, 0.15) is 6.10 Å². The van der Waals surface area contributed by atoms with Crippen molar-refractivity contribution in [3.63, 3.8) is 0 Å². The Labute approximate surface area is 133 Å². The fourth-order valence-corrected chi connectivity index (χ4v) is 3.49. The Hall–Kier alpha value is -1.40. The number of hydrogen-bond donors (Lipinski definition) is 1. The van der Waals surface area contributed by atoms with Gasteiger partial charge in [-0.05, 0) is 37.7 Å². The maximum absolute atomic E-state index is 13.9. The molecule has 3 heterocycles. The van der Waals surface area contributed by atoms with Crippen LogP contribution >= 0.6 is 11.6 Å². The minimum atomic E-state index is -0.446. The van der Waals surface area contributed by atoms with E-state index in [9.17, 15) is 9.18 Å². The van der Waals surface area contributed by atoms with Crippen LogP contribution in [0.3, 0.4) is 0 Å². The van der Waals surface area contributed by atoms with Crippen molar-refractivity contribution in [3.8, 4) is 0 Å². The molecule has 0 saturated carbocycles. The molecule has 1 aromatic rings. The van der Waals surface area contributed by atoms with E-state index in [0.29, 0.717) is 23.2 Å². The summed E-state index contributed by atoms with van der Waals surface area (Å²) in [5.74, 6) is -0.0367. The Kier molecular flexibility index (Phi) is 4.49. The van der Waals surface area contributed by atoms with E-state index in [-0.39, 0.29) is 12.0 Å². The Morgan fingerprint density at radius 1 is 1.36 bits per heavy atom. The summed E-state index contributed by atoms with van der Waals surface area (Å²) in [4.78, 5) is 17.2. The van der Waals surface area contributed by atoms with E-state index in [1.54, 1.807) is 0 Å². The number of carbonyl (C=O) groups excluding carboxylic acids is 1. The molecule has 0 aliphatic carbocycles. The maximum Gasteiger partial charge on any atom is 0.246 e. The number of pyridine rings is 1. The second-order valence-electron chi connectivity index (χ2n) is 5.93. The minimum Gasteiger partial charge on any atom is -0.367 e. The first-order chi connectivity index (χ1) is 10.5. The van der Waals surface area contributed by atoms with E-state index in [1.165, 1.54) is 12.3 Å². The van der Waals surface area contributed by atoms with Gasteiger partial charge in [-0.3, -0.25) is 4.79 Å². The Balaban J connectivity index is 1.58. The molecule has 1 amide bonds. The molecule has 0 bridgehead atoms. The van der Waals surface area contributed by atoms with E-state index >= 15 is 0 Å². The van der Waals surface area contributed by atoms with Crippen molar-refractivity contribution in [2.24, 2.45) is 11.7 Å². The molecule has 1 aromatic heterocycles. The number of carbonyl (C=O) groups is 1. The van der Waals surface area contributed by atoms with Crippen molar-refractivity contribution in [1.29, 1.82) is 0 Å². The summed E-state index contributed by atoms with van der Waals surface area (Å²) >= 11 is 5.73. The van der Waals surface area contributed by atoms with E-state index in [2.05, 4.69) is 4.98 Å². The zero-order valence-electron chi connectivity index (χ0n) is 12.2. The number of halogens is 2. The largest absolute Gasteiger partial charge is 0.367 e. The molecule has 22 heavy (non-hydrogen) atoms. The number of rotatable bonds is 3. The lowest BCUT2D eigenvalue weighted by molar-refractivity contribution is -0.130. The third kappa shape index (κ3) is 3.17. The summed E-state index contributed by atoms with van der Waals surface area (Å²) in [6.45, 7) is 1.44. The molecule has 2 N–H and O–H groups in total. The molecule has 0 aromatic carbocycles. The highest BCUT2D eigenvalue weighted by atomic mass is 35.5. The molecule has 2 aliphatic heterocycles. The fourth-order valence-electron chi connectivity index (χ4n) is 3.34. The van der Waals surface area contributed by atoms with Crippen LogP contribution < -0.4 is 10.6 Å². The quantitative estimate of drug-likeness (QED) is 0.923. The second kappa shape index (κ2) is 6.38. The topological polar surface area (TPSA) is 68.5 Å². The molecule has 3 rings (SSSR count). The van der Waals surface area contributed by atoms with Crippen molar-refractivity contribution >= 4 is 23.3 Å². The predicted molar refractivity (Wildman–Crippen MR) is 81.2 cm³/mol. The molecule has 7 heteroatoms. The number of piperidine rings is 1. The van der Waals surface area contributed by atoms with E-state index in [1.807, 2.05) is 4.90 Å². The molecule has 2 saturated heterocycles. The average molecular weight is 328 g/mol. The van der Waals surface area contributed by atoms with E-state index in [4.69, 9.17) is 22.1 Å². The van der Waals surface area contributed by atoms with Crippen molar-refractivity contribution in [2.45, 2.75) is 37.9 Å². The van der Waals surface area contributed by atoms with Crippen LogP contribution in [-0.4, -0.2) is 36.2 Å². The number of amides is 1. The molecular formula is C15H19ClFN3O2. The molecular weight excluding hydrogens is 309 g/mol. The summed E-state index contributed by atoms with van der Waals surface area (Å²) < 4.78 is 19.7. The SMILES string of the molecule is NC(=O)[C@H]1CC[C@@H](C2CCN(c3ncc(Cl)cc3F)CC2)O1. The minimum absolute atomic E-state index is 0.0858. The predicted octanol–water partition coefficient (Wildman–Crippen LogP) is 2.12. The summed E-state index contributed by atoms with van der Waals surface area (Å²) in [5.41, 5.74) is 5.28. The number of anilines is 1. The van der Waals surface area contributed by atoms with Gasteiger partial charge in [-0.2, -0.15) is 0 Å². The summed E-state index contributed by atoms with van der Waals surface area (Å²) in [6, 6.07) is 1.29. The first-order valence-electron chi connectivity index (χ1n) is 7.55. The molecule has 0 spiro atoms. The number of nitrogens with two attached hydrogens (primary N) is 1. The van der Waals surface area contributed by atoms with Crippen LogP contribution in [0.5, 0.6) is 0 Å². The van der Waals surface area contributed by atoms with Gasteiger partial charge < -0.3 is 15.4 Å². The highest BCUT2D eigenvalue weighted by Crippen LogP contribution is 2.33. The van der Waals surface area contributed by atoms with Crippen LogP contribution in [0, 0.1) is 11.7 Å². The van der Waals surface area contributed by atoms with Crippen molar-refractivity contribution in [2.75, 3.05) is 18.0 Å². The summed E-state index contributed by atoms with van der Waals surface area (Å²) in [5, 5.41) is 0.299. The summed E-state index contributed by atoms with van der Waals surface area (Å²) in [6.07, 6.45) is 4.45. The number of hydrogen-bond acceptors (Lipinski definition) is 4. The lowest BCUT2D eigenvalue weighted by Gasteiger charge is -2.35. The molecule has 0 radical (unpaired) electrons. The molecule has 0 unspecified atom stereocenters. The maximum atomic E-state index is 13.9. The van der Waals surface area contributed by atoms with Crippen molar-refractivity contribution < 1.29 is 13.9 Å². The van der Waals surface area contributed by atoms with Gasteiger partial charge in [-0.25, -0.2) is 9.37 Å². The molecule has 2 aliphatic rings. The zero-order valence-corrected chi connectivity index (χ0v) is 12.9. The summed E-state index contributed by atoms with van der Waals surface area (Å²) in [7, 11) is 0. The lowest BCUT2D eigenvalue weighted by atomic mass is 9.89. The molecule has 2 fully saturated rings. The number of aromatic nitrogens is 1. The average Bonchev–Trinajstić information content (AvgIpc) is 2.98. The zero-order chi connectivity index (χ0) is 15.7. The van der Waals surface area contributed by atoms with Gasteiger partial charge in [0.25, 0.3) is 0 Å². The second-order valence-corrected chi connectivity index (χ2v) is 6.36. The van der Waals surface area contributed by atoms with Crippen LogP contribution in [0.15, 0.2) is 12.3 Å². The molecule has 5 nitrogen and oxygen atoms in total. The van der Waals surface area contributed by atoms with Crippen LogP contribution in [0.4, 0.5) is 10.2 Å². The fraction of sp³-hybridized carbons (Fsp3) is 0.600. The monoisotopic (exact) mass is 327 g/mol. The van der Waals surface area contributed by atoms with Crippen LogP contribution in [0.1, 0.15) is 25.7 Å². The highest BCUT2D eigenvalue weighted by Gasteiger charge is 2.36. The Morgan fingerprint density at radius 2 is 2.09 bits per heavy atom. The van der Waals surface area contributed by atoms with Gasteiger partial charge in [-0.1, -0.05) is 11.6 Å². The van der Waals surface area contributed by atoms with Gasteiger partial charge in [-0.15, -0.1) is 0 Å². The highest BCUT2D eigenvalue weighted by molar-refractivity contribution is 6.30. The van der Waals surface area contributed by atoms with E-state index < -0.39 is 11.9 Å². The van der Waals surface area contributed by atoms with Gasteiger partial charge in [0.2, 0.25) is 5.91 Å². The standard InChI is InChI=1S/C15H19ClFN3O2/c16-10-7-11(17)15(19-8-10)20-5-3-9(4-6-20)12-1-2-13(22-12)14(18)21/h7-9,12-13H,1-6H2,(H2,18,21)/t12-,13+/m0/s1.